The number of nitrogens with two attached hydrogens (primary N) is 1. The first kappa shape index (κ1) is 13.4. The molecule has 0 saturated heterocycles. The van der Waals surface area contributed by atoms with E-state index in [1.54, 1.807) is 6.07 Å². The number of carbonyl (C=O) groups excluding carboxylic acids is 1. The van der Waals surface area contributed by atoms with Crippen molar-refractivity contribution < 1.29 is 13.9 Å². The standard InChI is InChI=1S/C14H11ClFNO2/c1-19-9-3-5-10(12(15)7-9)14(18)11-4-2-8(17)6-13(11)16/h2-7H,17H2,1H3. The lowest BCUT2D eigenvalue weighted by molar-refractivity contribution is 0.103. The summed E-state index contributed by atoms with van der Waals surface area (Å²) in [7, 11) is 1.49. The molecule has 0 bridgehead atoms. The van der Waals surface area contributed by atoms with Gasteiger partial charge >= 0.3 is 0 Å². The number of halogens is 2. The highest BCUT2D eigenvalue weighted by Crippen LogP contribution is 2.25. The third kappa shape index (κ3) is 2.69. The number of methoxy groups -OCH3 is 1. The van der Waals surface area contributed by atoms with Gasteiger partial charge in [-0.15, -0.1) is 0 Å². The first-order valence-electron chi connectivity index (χ1n) is 5.46. The van der Waals surface area contributed by atoms with Crippen LogP contribution < -0.4 is 10.5 Å². The van der Waals surface area contributed by atoms with Crippen molar-refractivity contribution in [3.63, 3.8) is 0 Å². The van der Waals surface area contributed by atoms with Crippen molar-refractivity contribution in [2.45, 2.75) is 0 Å². The normalized spacial score (nSPS) is 10.3. The van der Waals surface area contributed by atoms with Gasteiger partial charge in [0.2, 0.25) is 0 Å². The monoisotopic (exact) mass is 279 g/mol. The minimum absolute atomic E-state index is 0.0683. The van der Waals surface area contributed by atoms with Gasteiger partial charge in [-0.25, -0.2) is 4.39 Å². The summed E-state index contributed by atoms with van der Waals surface area (Å²) >= 11 is 5.99. The van der Waals surface area contributed by atoms with Crippen molar-refractivity contribution in [3.8, 4) is 5.75 Å². The van der Waals surface area contributed by atoms with Crippen LogP contribution in [0.25, 0.3) is 0 Å². The zero-order valence-electron chi connectivity index (χ0n) is 10.1. The molecule has 5 heteroatoms. The van der Waals surface area contributed by atoms with E-state index in [2.05, 4.69) is 0 Å². The summed E-state index contributed by atoms with van der Waals surface area (Å²) in [5, 5.41) is 0.209. The molecule has 98 valence electrons. The molecular formula is C14H11ClFNO2. The molecule has 0 heterocycles. The number of ketones is 1. The highest BCUT2D eigenvalue weighted by molar-refractivity contribution is 6.35. The molecule has 2 aromatic rings. The fourth-order valence-corrected chi connectivity index (χ4v) is 1.92. The van der Waals surface area contributed by atoms with Crippen LogP contribution >= 0.6 is 11.6 Å². The molecule has 0 aliphatic rings. The molecule has 3 nitrogen and oxygen atoms in total. The average molecular weight is 280 g/mol. The summed E-state index contributed by atoms with van der Waals surface area (Å²) in [6, 6.07) is 8.50. The highest BCUT2D eigenvalue weighted by atomic mass is 35.5. The molecule has 2 rings (SSSR count). The Morgan fingerprint density at radius 3 is 2.47 bits per heavy atom. The molecule has 0 amide bonds. The van der Waals surface area contributed by atoms with Crippen molar-refractivity contribution in [1.29, 1.82) is 0 Å². The van der Waals surface area contributed by atoms with Gasteiger partial charge in [0.15, 0.2) is 5.78 Å². The Morgan fingerprint density at radius 1 is 1.21 bits per heavy atom. The third-order valence-corrected chi connectivity index (χ3v) is 2.97. The Hall–Kier alpha value is -2.07. The predicted octanol–water partition coefficient (Wildman–Crippen LogP) is 3.30. The summed E-state index contributed by atoms with van der Waals surface area (Å²) in [4.78, 5) is 12.2. The van der Waals surface area contributed by atoms with E-state index >= 15 is 0 Å². The zero-order chi connectivity index (χ0) is 14.0. The van der Waals surface area contributed by atoms with Crippen LogP contribution in [-0.4, -0.2) is 12.9 Å². The van der Waals surface area contributed by atoms with E-state index in [0.29, 0.717) is 5.75 Å². The summed E-state index contributed by atoms with van der Waals surface area (Å²) in [6.07, 6.45) is 0. The minimum atomic E-state index is -0.670. The van der Waals surface area contributed by atoms with Gasteiger partial charge in [0.25, 0.3) is 0 Å². The highest BCUT2D eigenvalue weighted by Gasteiger charge is 2.17. The smallest absolute Gasteiger partial charge is 0.197 e. The molecule has 0 fully saturated rings. The van der Waals surface area contributed by atoms with Gasteiger partial charge in [-0.2, -0.15) is 0 Å². The molecular weight excluding hydrogens is 269 g/mol. The third-order valence-electron chi connectivity index (χ3n) is 2.66. The van der Waals surface area contributed by atoms with Crippen molar-refractivity contribution in [2.24, 2.45) is 0 Å². The van der Waals surface area contributed by atoms with E-state index in [0.717, 1.165) is 6.07 Å². The molecule has 0 atom stereocenters. The van der Waals surface area contributed by atoms with Crippen LogP contribution in [0.15, 0.2) is 36.4 Å². The van der Waals surface area contributed by atoms with Gasteiger partial charge < -0.3 is 10.5 Å². The van der Waals surface area contributed by atoms with Crippen molar-refractivity contribution in [1.82, 2.24) is 0 Å². The fourth-order valence-electron chi connectivity index (χ4n) is 1.67. The number of hydrogen-bond acceptors (Lipinski definition) is 3. The maximum Gasteiger partial charge on any atom is 0.197 e. The number of ether oxygens (including phenoxy) is 1. The molecule has 0 aliphatic heterocycles. The van der Waals surface area contributed by atoms with E-state index in [1.807, 2.05) is 0 Å². The fraction of sp³-hybridized carbons (Fsp3) is 0.0714. The Balaban J connectivity index is 2.44. The quantitative estimate of drug-likeness (QED) is 0.693. The van der Waals surface area contributed by atoms with Crippen LogP contribution in [0.1, 0.15) is 15.9 Å². The maximum absolute atomic E-state index is 13.7. The topological polar surface area (TPSA) is 52.3 Å². The molecule has 19 heavy (non-hydrogen) atoms. The van der Waals surface area contributed by atoms with Crippen LogP contribution in [0.3, 0.4) is 0 Å². The second kappa shape index (κ2) is 5.28. The van der Waals surface area contributed by atoms with Crippen LogP contribution in [0.2, 0.25) is 5.02 Å². The lowest BCUT2D eigenvalue weighted by Gasteiger charge is -2.07. The first-order valence-corrected chi connectivity index (χ1v) is 5.84. The predicted molar refractivity (Wildman–Crippen MR) is 72.2 cm³/mol. The van der Waals surface area contributed by atoms with Crippen LogP contribution in [-0.2, 0) is 0 Å². The van der Waals surface area contributed by atoms with E-state index < -0.39 is 11.6 Å². The van der Waals surface area contributed by atoms with Gasteiger partial charge in [0, 0.05) is 11.3 Å². The summed E-state index contributed by atoms with van der Waals surface area (Å²) < 4.78 is 18.7. The molecule has 2 aromatic carbocycles. The molecule has 0 unspecified atom stereocenters. The average Bonchev–Trinajstić information content (AvgIpc) is 2.37. The Labute approximate surface area is 114 Å². The van der Waals surface area contributed by atoms with E-state index in [4.69, 9.17) is 22.1 Å². The van der Waals surface area contributed by atoms with Gasteiger partial charge in [0.05, 0.1) is 17.7 Å². The lowest BCUT2D eigenvalue weighted by Crippen LogP contribution is -2.05. The van der Waals surface area contributed by atoms with Crippen LogP contribution in [0.5, 0.6) is 5.75 Å². The minimum Gasteiger partial charge on any atom is -0.497 e. The summed E-state index contributed by atoms with van der Waals surface area (Å²) in [5.74, 6) is -0.638. The van der Waals surface area contributed by atoms with Gasteiger partial charge in [-0.3, -0.25) is 4.79 Å². The van der Waals surface area contributed by atoms with Crippen molar-refractivity contribution in [3.05, 3.63) is 58.4 Å². The second-order valence-electron chi connectivity index (χ2n) is 3.91. The number of nitrogen functional groups attached to an aromatic ring is 1. The maximum atomic E-state index is 13.7. The van der Waals surface area contributed by atoms with Gasteiger partial charge in [0.1, 0.15) is 11.6 Å². The Bertz CT molecular complexity index is 643. The van der Waals surface area contributed by atoms with Crippen molar-refractivity contribution in [2.75, 3.05) is 12.8 Å². The molecule has 0 saturated carbocycles. The largest absolute Gasteiger partial charge is 0.497 e. The number of carbonyl (C=O) groups is 1. The van der Waals surface area contributed by atoms with E-state index in [9.17, 15) is 9.18 Å². The summed E-state index contributed by atoms with van der Waals surface area (Å²) in [5.41, 5.74) is 5.85. The second-order valence-corrected chi connectivity index (χ2v) is 4.32. The molecule has 0 aromatic heterocycles. The van der Waals surface area contributed by atoms with Crippen LogP contribution in [0.4, 0.5) is 10.1 Å². The number of rotatable bonds is 3. The Morgan fingerprint density at radius 2 is 1.89 bits per heavy atom. The van der Waals surface area contributed by atoms with Crippen molar-refractivity contribution >= 4 is 23.1 Å². The molecule has 0 aliphatic carbocycles. The molecule has 0 radical (unpaired) electrons. The Kier molecular flexibility index (Phi) is 3.71. The SMILES string of the molecule is COc1ccc(C(=O)c2ccc(N)cc2F)c(Cl)c1. The number of hydrogen-bond donors (Lipinski definition) is 1. The van der Waals surface area contributed by atoms with E-state index in [1.165, 1.54) is 31.4 Å². The van der Waals surface area contributed by atoms with Crippen LogP contribution in [0, 0.1) is 5.82 Å². The molecule has 0 spiro atoms. The zero-order valence-corrected chi connectivity index (χ0v) is 10.9. The molecule has 2 N–H and O–H groups in total. The number of benzene rings is 2. The lowest BCUT2D eigenvalue weighted by atomic mass is 10.0. The van der Waals surface area contributed by atoms with Gasteiger partial charge in [-0.1, -0.05) is 11.6 Å². The first-order chi connectivity index (χ1) is 9.02. The van der Waals surface area contributed by atoms with E-state index in [-0.39, 0.29) is 21.8 Å². The summed E-state index contributed by atoms with van der Waals surface area (Å²) in [6.45, 7) is 0. The van der Waals surface area contributed by atoms with Gasteiger partial charge in [-0.05, 0) is 36.4 Å². The number of anilines is 1.